The summed E-state index contributed by atoms with van der Waals surface area (Å²) in [6.45, 7) is -0.498. The number of fused-ring (bicyclic) bond motifs is 1. The summed E-state index contributed by atoms with van der Waals surface area (Å²) in [7, 11) is -2.85. The second-order valence-corrected chi connectivity index (χ2v) is 10.7. The van der Waals surface area contributed by atoms with Crippen LogP contribution in [0.2, 0.25) is 10.0 Å². The van der Waals surface area contributed by atoms with E-state index in [0.717, 1.165) is 12.4 Å². The van der Waals surface area contributed by atoms with Gasteiger partial charge in [0.25, 0.3) is 13.3 Å². The Balaban J connectivity index is 1.88. The fraction of sp³-hybridized carbons (Fsp3) is 0.0870. The lowest BCUT2D eigenvalue weighted by Gasteiger charge is -2.19. The van der Waals surface area contributed by atoms with Crippen molar-refractivity contribution in [1.29, 1.82) is 5.26 Å². The molecule has 1 atom stereocenters. The largest absolute Gasteiger partial charge is 0.350 e. The molecule has 0 fully saturated rings. The summed E-state index contributed by atoms with van der Waals surface area (Å²) in [6, 6.07) is 10.7. The number of nitriles is 1. The second kappa shape index (κ2) is 9.76. The first-order valence-electron chi connectivity index (χ1n) is 9.93. The van der Waals surface area contributed by atoms with Gasteiger partial charge >= 0.3 is 0 Å². The van der Waals surface area contributed by atoms with Crippen molar-refractivity contribution in [2.45, 2.75) is 6.54 Å². The van der Waals surface area contributed by atoms with E-state index in [2.05, 4.69) is 15.3 Å². The van der Waals surface area contributed by atoms with Crippen molar-refractivity contribution >= 4 is 58.0 Å². The van der Waals surface area contributed by atoms with Crippen LogP contribution in [-0.4, -0.2) is 23.0 Å². The SMILES string of the molecule is COP(=O)(c1cc(Cl)cc(C#N)c1)c1c(C(=O)NCc2c(F)cncc2F)[nH]c2ccc(Cl)cc12. The van der Waals surface area contributed by atoms with Gasteiger partial charge < -0.3 is 14.8 Å². The predicted molar refractivity (Wildman–Crippen MR) is 129 cm³/mol. The number of carbonyl (C=O) groups is 1. The minimum Gasteiger partial charge on any atom is -0.350 e. The number of pyridine rings is 1. The maximum atomic E-state index is 14.3. The molecule has 2 aromatic carbocycles. The Bertz CT molecular complexity index is 1550. The van der Waals surface area contributed by atoms with Crippen LogP contribution in [-0.2, 0) is 15.6 Å². The maximum Gasteiger partial charge on any atom is 0.268 e. The third kappa shape index (κ3) is 4.66. The van der Waals surface area contributed by atoms with Crippen molar-refractivity contribution in [3.05, 3.63) is 87.3 Å². The lowest BCUT2D eigenvalue weighted by atomic mass is 10.2. The first kappa shape index (κ1) is 24.8. The molecule has 1 unspecified atom stereocenters. The Hall–Kier alpha value is -3.28. The summed E-state index contributed by atoms with van der Waals surface area (Å²) in [4.78, 5) is 19.5. The highest BCUT2D eigenvalue weighted by Gasteiger charge is 2.36. The molecule has 4 aromatic rings. The van der Waals surface area contributed by atoms with Crippen molar-refractivity contribution in [2.75, 3.05) is 7.11 Å². The molecule has 0 spiro atoms. The Morgan fingerprint density at radius 1 is 1.17 bits per heavy atom. The Labute approximate surface area is 208 Å². The number of H-pyrrole nitrogens is 1. The first-order chi connectivity index (χ1) is 16.7. The van der Waals surface area contributed by atoms with Crippen LogP contribution in [0.3, 0.4) is 0 Å². The van der Waals surface area contributed by atoms with E-state index < -0.39 is 37.0 Å². The number of amides is 1. The number of carbonyl (C=O) groups excluding carboxylic acids is 1. The molecule has 0 aliphatic heterocycles. The summed E-state index contributed by atoms with van der Waals surface area (Å²) < 4.78 is 47.8. The lowest BCUT2D eigenvalue weighted by Crippen LogP contribution is -2.30. The van der Waals surface area contributed by atoms with Gasteiger partial charge in [0.1, 0.15) is 17.3 Å². The zero-order valence-electron chi connectivity index (χ0n) is 17.9. The van der Waals surface area contributed by atoms with E-state index in [1.807, 2.05) is 6.07 Å². The molecule has 35 heavy (non-hydrogen) atoms. The maximum absolute atomic E-state index is 14.3. The Kier molecular flexibility index (Phi) is 6.93. The standard InChI is InChI=1S/C23H15Cl2F2N4O3P/c1-34-35(33,15-5-12(8-28)4-14(25)6-15)22-16-7-13(24)2-3-20(16)31-21(22)23(32)30-9-17-18(26)10-29-11-19(17)27/h2-7,10-11,31H,9H2,1H3,(H,30,32). The van der Waals surface area contributed by atoms with Gasteiger partial charge in [0.05, 0.1) is 29.3 Å². The highest BCUT2D eigenvalue weighted by molar-refractivity contribution is 7.75. The number of aromatic amines is 1. The molecule has 0 aliphatic carbocycles. The minimum absolute atomic E-state index is 0.0307. The average Bonchev–Trinajstić information content (AvgIpc) is 3.22. The van der Waals surface area contributed by atoms with E-state index in [1.165, 1.54) is 31.4 Å². The van der Waals surface area contributed by atoms with Crippen LogP contribution < -0.4 is 15.9 Å². The molecule has 12 heteroatoms. The summed E-state index contributed by atoms with van der Waals surface area (Å²) in [6.07, 6.45) is 1.65. The van der Waals surface area contributed by atoms with Crippen LogP contribution in [0.5, 0.6) is 0 Å². The monoisotopic (exact) mass is 534 g/mol. The quantitative estimate of drug-likeness (QED) is 0.344. The van der Waals surface area contributed by atoms with Crippen LogP contribution in [0.1, 0.15) is 21.6 Å². The Morgan fingerprint density at radius 3 is 2.54 bits per heavy atom. The van der Waals surface area contributed by atoms with E-state index in [0.29, 0.717) is 15.9 Å². The summed E-state index contributed by atoms with van der Waals surface area (Å²) in [5, 5.41) is 12.6. The van der Waals surface area contributed by atoms with Crippen molar-refractivity contribution < 1.29 is 22.7 Å². The molecule has 0 saturated carbocycles. The van der Waals surface area contributed by atoms with Gasteiger partial charge in [0, 0.05) is 45.5 Å². The summed E-state index contributed by atoms with van der Waals surface area (Å²) in [5.41, 5.74) is -0.00814. The highest BCUT2D eigenvalue weighted by atomic mass is 35.5. The molecule has 0 saturated heterocycles. The van der Waals surface area contributed by atoms with Crippen molar-refractivity contribution in [3.63, 3.8) is 0 Å². The van der Waals surface area contributed by atoms with E-state index in [9.17, 15) is 23.4 Å². The molecule has 7 nitrogen and oxygen atoms in total. The average molecular weight is 535 g/mol. The van der Waals surface area contributed by atoms with Gasteiger partial charge in [-0.15, -0.1) is 0 Å². The molecular formula is C23H15Cl2F2N4O3P. The number of aromatic nitrogens is 2. The smallest absolute Gasteiger partial charge is 0.268 e. The molecule has 0 bridgehead atoms. The van der Waals surface area contributed by atoms with Gasteiger partial charge in [-0.1, -0.05) is 23.2 Å². The number of benzene rings is 2. The number of nitrogens with one attached hydrogen (secondary N) is 2. The van der Waals surface area contributed by atoms with Crippen LogP contribution in [0.4, 0.5) is 8.78 Å². The first-order valence-corrected chi connectivity index (χ1v) is 12.3. The van der Waals surface area contributed by atoms with Gasteiger partial charge in [-0.05, 0) is 36.4 Å². The van der Waals surface area contributed by atoms with Gasteiger partial charge in [-0.2, -0.15) is 5.26 Å². The predicted octanol–water partition coefficient (Wildman–Crippen LogP) is 4.82. The van der Waals surface area contributed by atoms with Crippen molar-refractivity contribution in [1.82, 2.24) is 15.3 Å². The second-order valence-electron chi connectivity index (χ2n) is 7.35. The van der Waals surface area contributed by atoms with Crippen LogP contribution in [0.15, 0.2) is 48.8 Å². The Morgan fingerprint density at radius 2 is 1.89 bits per heavy atom. The third-order valence-electron chi connectivity index (χ3n) is 5.24. The van der Waals surface area contributed by atoms with E-state index in [1.54, 1.807) is 12.1 Å². The van der Waals surface area contributed by atoms with Gasteiger partial charge in [-0.25, -0.2) is 8.78 Å². The normalized spacial score (nSPS) is 12.8. The zero-order valence-corrected chi connectivity index (χ0v) is 20.3. The van der Waals surface area contributed by atoms with E-state index >= 15 is 0 Å². The van der Waals surface area contributed by atoms with Crippen LogP contribution in [0.25, 0.3) is 10.9 Å². The van der Waals surface area contributed by atoms with Crippen LogP contribution in [0, 0.1) is 23.0 Å². The molecule has 178 valence electrons. The zero-order chi connectivity index (χ0) is 25.3. The molecule has 2 aromatic heterocycles. The number of rotatable bonds is 6. The fourth-order valence-corrected chi connectivity index (χ4v) is 6.33. The van der Waals surface area contributed by atoms with Gasteiger partial charge in [0.2, 0.25) is 0 Å². The number of nitrogens with zero attached hydrogens (tertiary/aromatic N) is 2. The molecular weight excluding hydrogens is 520 g/mol. The molecule has 4 rings (SSSR count). The number of hydrogen-bond acceptors (Lipinski definition) is 5. The summed E-state index contributed by atoms with van der Waals surface area (Å²) in [5.74, 6) is -2.67. The van der Waals surface area contributed by atoms with E-state index in [-0.39, 0.29) is 26.9 Å². The number of halogens is 4. The fourth-order valence-electron chi connectivity index (χ4n) is 3.62. The van der Waals surface area contributed by atoms with Crippen molar-refractivity contribution in [3.8, 4) is 6.07 Å². The lowest BCUT2D eigenvalue weighted by molar-refractivity contribution is 0.0947. The molecule has 0 aliphatic rings. The third-order valence-corrected chi connectivity index (χ3v) is 8.20. The topological polar surface area (TPSA) is 108 Å². The number of hydrogen-bond donors (Lipinski definition) is 2. The molecule has 2 N–H and O–H groups in total. The van der Waals surface area contributed by atoms with Gasteiger partial charge in [0.15, 0.2) is 0 Å². The molecule has 1 amide bonds. The van der Waals surface area contributed by atoms with Gasteiger partial charge in [-0.3, -0.25) is 14.3 Å². The van der Waals surface area contributed by atoms with Crippen molar-refractivity contribution in [2.24, 2.45) is 0 Å². The highest BCUT2D eigenvalue weighted by Crippen LogP contribution is 2.47. The van der Waals surface area contributed by atoms with Crippen LogP contribution >= 0.6 is 30.6 Å². The minimum atomic E-state index is -4.04. The van der Waals surface area contributed by atoms with E-state index in [4.69, 9.17) is 27.7 Å². The molecule has 2 heterocycles. The summed E-state index contributed by atoms with van der Waals surface area (Å²) >= 11 is 12.3. The molecule has 0 radical (unpaired) electrons.